The average Bonchev–Trinajstić information content (AvgIpc) is 3.20. The molecule has 1 aromatic heterocycles. The molecule has 0 amide bonds. The predicted molar refractivity (Wildman–Crippen MR) is 112 cm³/mol. The first-order chi connectivity index (χ1) is 15.5. The van der Waals surface area contributed by atoms with E-state index in [0.717, 1.165) is 0 Å². The third-order valence-corrected chi connectivity index (χ3v) is 5.00. The highest BCUT2D eigenvalue weighted by Crippen LogP contribution is 2.30. The Balaban J connectivity index is 1.51. The van der Waals surface area contributed by atoms with Gasteiger partial charge in [-0.3, -0.25) is 14.3 Å². The fourth-order valence-corrected chi connectivity index (χ4v) is 3.39. The van der Waals surface area contributed by atoms with E-state index in [1.807, 2.05) is 0 Å². The van der Waals surface area contributed by atoms with Gasteiger partial charge in [0.25, 0.3) is 5.56 Å². The van der Waals surface area contributed by atoms with Crippen LogP contribution in [0.2, 0.25) is 0 Å². The lowest BCUT2D eigenvalue weighted by Crippen LogP contribution is -2.32. The molecule has 4 rings (SSSR count). The monoisotopic (exact) mass is 436 g/mol. The fourth-order valence-electron chi connectivity index (χ4n) is 3.39. The third-order valence-electron chi connectivity index (χ3n) is 5.00. The quantitative estimate of drug-likeness (QED) is 0.587. The van der Waals surface area contributed by atoms with Crippen LogP contribution in [-0.4, -0.2) is 40.3 Å². The van der Waals surface area contributed by atoms with E-state index >= 15 is 0 Å². The standard InChI is InChI=1S/C23H20N2O7/c26-19-11-12-25(23(29)24-19)20-13-17(32-22(28)16-9-5-2-6-10-16)18(31-20)14-30-21(27)15-7-3-1-4-8-15/h1-12,17-18,20H,13-14H2,(H,24,26,29)/t17-,18+,20+/m0/s1. The summed E-state index contributed by atoms with van der Waals surface area (Å²) in [6.07, 6.45) is -0.958. The zero-order valence-electron chi connectivity index (χ0n) is 16.9. The molecule has 164 valence electrons. The van der Waals surface area contributed by atoms with Gasteiger partial charge in [-0.2, -0.15) is 0 Å². The van der Waals surface area contributed by atoms with Gasteiger partial charge >= 0.3 is 17.6 Å². The van der Waals surface area contributed by atoms with Crippen LogP contribution >= 0.6 is 0 Å². The molecule has 0 saturated carbocycles. The third kappa shape index (κ3) is 4.84. The molecule has 2 heterocycles. The molecule has 9 nitrogen and oxygen atoms in total. The topological polar surface area (TPSA) is 117 Å². The van der Waals surface area contributed by atoms with Crippen LogP contribution in [0, 0.1) is 0 Å². The summed E-state index contributed by atoms with van der Waals surface area (Å²) < 4.78 is 18.1. The average molecular weight is 436 g/mol. The van der Waals surface area contributed by atoms with E-state index < -0.39 is 41.6 Å². The van der Waals surface area contributed by atoms with Gasteiger partial charge in [-0.05, 0) is 24.3 Å². The van der Waals surface area contributed by atoms with Crippen molar-refractivity contribution in [3.8, 4) is 0 Å². The lowest BCUT2D eigenvalue weighted by Gasteiger charge is -2.19. The number of aromatic nitrogens is 2. The Morgan fingerprint density at radius 1 is 0.938 bits per heavy atom. The largest absolute Gasteiger partial charge is 0.459 e. The van der Waals surface area contributed by atoms with Crippen LogP contribution in [0.4, 0.5) is 0 Å². The van der Waals surface area contributed by atoms with E-state index in [9.17, 15) is 19.2 Å². The van der Waals surface area contributed by atoms with Crippen LogP contribution in [0.25, 0.3) is 0 Å². The number of carbonyl (C=O) groups excluding carboxylic acids is 2. The summed E-state index contributed by atoms with van der Waals surface area (Å²) in [6.45, 7) is -0.185. The number of ether oxygens (including phenoxy) is 3. The smallest absolute Gasteiger partial charge is 0.338 e. The number of aromatic amines is 1. The van der Waals surface area contributed by atoms with Crippen LogP contribution < -0.4 is 11.2 Å². The molecule has 1 aliphatic heterocycles. The SMILES string of the molecule is O=C(OC[C@H]1O[C@@H](n2ccc(=O)[nH]c2=O)C[C@@H]1OC(=O)c1ccccc1)c1ccccc1. The van der Waals surface area contributed by atoms with Gasteiger partial charge in [-0.15, -0.1) is 0 Å². The van der Waals surface area contributed by atoms with Crippen molar-refractivity contribution in [1.82, 2.24) is 9.55 Å². The molecule has 1 fully saturated rings. The number of nitrogens with zero attached hydrogens (tertiary/aromatic N) is 1. The van der Waals surface area contributed by atoms with Gasteiger partial charge < -0.3 is 14.2 Å². The molecule has 1 aliphatic rings. The molecule has 0 unspecified atom stereocenters. The second-order valence-electron chi connectivity index (χ2n) is 7.16. The highest BCUT2D eigenvalue weighted by molar-refractivity contribution is 5.90. The normalized spacial score (nSPS) is 19.9. The summed E-state index contributed by atoms with van der Waals surface area (Å²) in [5.74, 6) is -1.11. The van der Waals surface area contributed by atoms with E-state index in [-0.39, 0.29) is 13.0 Å². The Morgan fingerprint density at radius 3 is 2.19 bits per heavy atom. The fraction of sp³-hybridized carbons (Fsp3) is 0.217. The molecule has 3 aromatic rings. The van der Waals surface area contributed by atoms with Crippen molar-refractivity contribution in [3.63, 3.8) is 0 Å². The van der Waals surface area contributed by atoms with Gasteiger partial charge in [0, 0.05) is 18.7 Å². The summed E-state index contributed by atoms with van der Waals surface area (Å²) in [4.78, 5) is 50.6. The minimum absolute atomic E-state index is 0.137. The van der Waals surface area contributed by atoms with Gasteiger partial charge in [0.2, 0.25) is 0 Å². The Labute approximate surface area is 182 Å². The number of hydrogen-bond donors (Lipinski definition) is 1. The minimum Gasteiger partial charge on any atom is -0.459 e. The predicted octanol–water partition coefficient (Wildman–Crippen LogP) is 1.91. The number of hydrogen-bond acceptors (Lipinski definition) is 7. The first-order valence-electron chi connectivity index (χ1n) is 9.96. The Kier molecular flexibility index (Phi) is 6.27. The van der Waals surface area contributed by atoms with Crippen molar-refractivity contribution in [2.24, 2.45) is 0 Å². The van der Waals surface area contributed by atoms with E-state index in [4.69, 9.17) is 14.2 Å². The van der Waals surface area contributed by atoms with Crippen molar-refractivity contribution >= 4 is 11.9 Å². The summed E-state index contributed by atoms with van der Waals surface area (Å²) in [5, 5.41) is 0. The number of H-pyrrole nitrogens is 1. The summed E-state index contributed by atoms with van der Waals surface area (Å²) in [6, 6.07) is 18.1. The van der Waals surface area contributed by atoms with Crippen molar-refractivity contribution < 1.29 is 23.8 Å². The van der Waals surface area contributed by atoms with E-state index in [1.54, 1.807) is 60.7 Å². The molecule has 32 heavy (non-hydrogen) atoms. The lowest BCUT2D eigenvalue weighted by molar-refractivity contribution is -0.0582. The van der Waals surface area contributed by atoms with E-state index in [2.05, 4.69) is 4.98 Å². The van der Waals surface area contributed by atoms with E-state index in [1.165, 1.54) is 16.8 Å². The summed E-state index contributed by atoms with van der Waals surface area (Å²) >= 11 is 0. The van der Waals surface area contributed by atoms with Gasteiger partial charge in [0.15, 0.2) is 0 Å². The summed E-state index contributed by atoms with van der Waals surface area (Å²) in [7, 11) is 0. The van der Waals surface area contributed by atoms with Crippen molar-refractivity contribution in [2.75, 3.05) is 6.61 Å². The van der Waals surface area contributed by atoms with Crippen LogP contribution in [-0.2, 0) is 14.2 Å². The van der Waals surface area contributed by atoms with Gasteiger partial charge in [-0.25, -0.2) is 14.4 Å². The van der Waals surface area contributed by atoms with Gasteiger partial charge in [-0.1, -0.05) is 36.4 Å². The van der Waals surface area contributed by atoms with Crippen LogP contribution in [0.1, 0.15) is 33.4 Å². The lowest BCUT2D eigenvalue weighted by atomic mass is 10.1. The minimum atomic E-state index is -0.812. The van der Waals surface area contributed by atoms with Crippen molar-refractivity contribution in [3.05, 3.63) is 105 Å². The number of carbonyl (C=O) groups is 2. The number of esters is 2. The zero-order chi connectivity index (χ0) is 22.5. The first-order valence-corrected chi connectivity index (χ1v) is 9.96. The second-order valence-corrected chi connectivity index (χ2v) is 7.16. The van der Waals surface area contributed by atoms with Gasteiger partial charge in [0.1, 0.15) is 25.0 Å². The molecule has 3 atom stereocenters. The molecular formula is C23H20N2O7. The maximum absolute atomic E-state index is 12.6. The Morgan fingerprint density at radius 2 is 1.56 bits per heavy atom. The Bertz CT molecular complexity index is 1200. The van der Waals surface area contributed by atoms with Crippen LogP contribution in [0.3, 0.4) is 0 Å². The van der Waals surface area contributed by atoms with Crippen LogP contribution in [0.5, 0.6) is 0 Å². The molecule has 0 aliphatic carbocycles. The van der Waals surface area contributed by atoms with E-state index in [0.29, 0.717) is 11.1 Å². The maximum Gasteiger partial charge on any atom is 0.338 e. The molecule has 1 saturated heterocycles. The number of benzene rings is 2. The Hall–Kier alpha value is -3.98. The molecule has 1 N–H and O–H groups in total. The second kappa shape index (κ2) is 9.44. The van der Waals surface area contributed by atoms with Crippen molar-refractivity contribution in [2.45, 2.75) is 24.9 Å². The highest BCUT2D eigenvalue weighted by Gasteiger charge is 2.40. The first kappa shape index (κ1) is 21.3. The molecular weight excluding hydrogens is 416 g/mol. The zero-order valence-corrected chi connectivity index (χ0v) is 16.9. The molecule has 0 radical (unpaired) electrons. The van der Waals surface area contributed by atoms with Crippen LogP contribution in [0.15, 0.2) is 82.5 Å². The molecule has 9 heteroatoms. The maximum atomic E-state index is 12.6. The number of rotatable bonds is 6. The molecule has 0 spiro atoms. The molecule has 0 bridgehead atoms. The highest BCUT2D eigenvalue weighted by atomic mass is 16.6. The van der Waals surface area contributed by atoms with Crippen molar-refractivity contribution in [1.29, 1.82) is 0 Å². The molecule has 2 aromatic carbocycles. The van der Waals surface area contributed by atoms with Gasteiger partial charge in [0.05, 0.1) is 11.1 Å². The number of nitrogens with one attached hydrogen (secondary N) is 1. The summed E-state index contributed by atoms with van der Waals surface area (Å²) in [5.41, 5.74) is -0.462.